The number of carbonyl (C=O) groups is 3. The van der Waals surface area contributed by atoms with E-state index in [0.717, 1.165) is 43.6 Å². The number of alkyl carbamates (subject to hydrolysis) is 1. The van der Waals surface area contributed by atoms with E-state index >= 15 is 0 Å². The summed E-state index contributed by atoms with van der Waals surface area (Å²) >= 11 is 0. The van der Waals surface area contributed by atoms with E-state index in [4.69, 9.17) is 9.57 Å². The Morgan fingerprint density at radius 2 is 1.86 bits per heavy atom. The number of pyridine rings is 1. The Kier molecular flexibility index (Phi) is 8.55. The van der Waals surface area contributed by atoms with E-state index in [9.17, 15) is 19.5 Å². The summed E-state index contributed by atoms with van der Waals surface area (Å²) in [6, 6.07) is 13.4. The number of rotatable bonds is 10. The predicted molar refractivity (Wildman–Crippen MR) is 135 cm³/mol. The van der Waals surface area contributed by atoms with Gasteiger partial charge in [-0.25, -0.2) is 14.6 Å². The Hall–Kier alpha value is -4.15. The van der Waals surface area contributed by atoms with Crippen LogP contribution in [0.5, 0.6) is 0 Å². The van der Waals surface area contributed by atoms with E-state index in [1.165, 1.54) is 0 Å². The van der Waals surface area contributed by atoms with Crippen LogP contribution in [0.1, 0.15) is 37.7 Å². The summed E-state index contributed by atoms with van der Waals surface area (Å²) in [7, 11) is 0. The van der Waals surface area contributed by atoms with E-state index in [0.29, 0.717) is 12.3 Å². The zero-order valence-corrected chi connectivity index (χ0v) is 20.4. The van der Waals surface area contributed by atoms with Crippen LogP contribution in [0, 0.1) is 5.92 Å². The molecule has 1 aliphatic carbocycles. The molecule has 0 saturated heterocycles. The molecule has 0 bridgehead atoms. The standard InChI is InChI=1S/C26H31N5O6/c32-23(29-16-21(24(33)34)30-25(35)36-17-19-6-2-1-3-7-19)20-14-26(37-31-20)11-9-18(10-12-26)15-28-22-8-4-5-13-27-22/h1-8,13,18,21H,9-12,14-17H2,(H,27,28)(H,29,32)(H,30,35)(H,33,34)/t18?,21-,26?/m0/s1. The monoisotopic (exact) mass is 509 g/mol. The number of carboxylic acids is 1. The van der Waals surface area contributed by atoms with Gasteiger partial charge in [0, 0.05) is 25.7 Å². The second-order valence-corrected chi connectivity index (χ2v) is 9.34. The summed E-state index contributed by atoms with van der Waals surface area (Å²) in [5.74, 6) is -0.490. The summed E-state index contributed by atoms with van der Waals surface area (Å²) in [5.41, 5.74) is 0.491. The van der Waals surface area contributed by atoms with Gasteiger partial charge in [0.1, 0.15) is 29.8 Å². The minimum Gasteiger partial charge on any atom is -0.480 e. The van der Waals surface area contributed by atoms with Crippen molar-refractivity contribution >= 4 is 29.5 Å². The lowest BCUT2D eigenvalue weighted by Gasteiger charge is -2.34. The Morgan fingerprint density at radius 3 is 2.57 bits per heavy atom. The second-order valence-electron chi connectivity index (χ2n) is 9.34. The van der Waals surface area contributed by atoms with Crippen molar-refractivity contribution in [2.45, 2.75) is 50.4 Å². The first kappa shape index (κ1) is 25.9. The van der Waals surface area contributed by atoms with Crippen molar-refractivity contribution in [3.8, 4) is 0 Å². The van der Waals surface area contributed by atoms with Crippen molar-refractivity contribution in [3.05, 3.63) is 60.3 Å². The summed E-state index contributed by atoms with van der Waals surface area (Å²) in [5, 5.41) is 21.6. The van der Waals surface area contributed by atoms with Crippen LogP contribution in [0.3, 0.4) is 0 Å². The zero-order valence-electron chi connectivity index (χ0n) is 20.4. The lowest BCUT2D eigenvalue weighted by molar-refractivity contribution is -0.139. The molecule has 1 atom stereocenters. The number of ether oxygens (including phenoxy) is 1. The first-order valence-corrected chi connectivity index (χ1v) is 12.3. The molecule has 0 unspecified atom stereocenters. The maximum atomic E-state index is 12.6. The highest BCUT2D eigenvalue weighted by molar-refractivity contribution is 6.39. The molecule has 2 amide bonds. The second kappa shape index (κ2) is 12.2. The molecular weight excluding hydrogens is 478 g/mol. The Labute approximate surface area is 214 Å². The first-order valence-electron chi connectivity index (χ1n) is 12.3. The third-order valence-electron chi connectivity index (χ3n) is 6.62. The van der Waals surface area contributed by atoms with Gasteiger partial charge in [-0.15, -0.1) is 0 Å². The lowest BCUT2D eigenvalue weighted by atomic mass is 9.76. The molecule has 1 aromatic carbocycles. The number of hydrogen-bond acceptors (Lipinski definition) is 8. The van der Waals surface area contributed by atoms with E-state index in [1.54, 1.807) is 30.5 Å². The van der Waals surface area contributed by atoms with Crippen LogP contribution in [0.15, 0.2) is 59.9 Å². The molecule has 4 rings (SSSR count). The number of aromatic nitrogens is 1. The average Bonchev–Trinajstić information content (AvgIpc) is 3.34. The van der Waals surface area contributed by atoms with Gasteiger partial charge >= 0.3 is 12.1 Å². The minimum absolute atomic E-state index is 0.00165. The highest BCUT2D eigenvalue weighted by Crippen LogP contribution is 2.40. The molecule has 37 heavy (non-hydrogen) atoms. The van der Waals surface area contributed by atoms with Crippen LogP contribution in [0.4, 0.5) is 10.6 Å². The molecule has 1 saturated carbocycles. The van der Waals surface area contributed by atoms with Gasteiger partial charge < -0.3 is 30.6 Å². The van der Waals surface area contributed by atoms with Gasteiger partial charge in [0.25, 0.3) is 5.91 Å². The van der Waals surface area contributed by atoms with Gasteiger partial charge in [0.15, 0.2) is 0 Å². The molecule has 11 nitrogen and oxygen atoms in total. The Balaban J connectivity index is 1.18. The molecule has 2 heterocycles. The largest absolute Gasteiger partial charge is 0.480 e. The maximum Gasteiger partial charge on any atom is 0.408 e. The lowest BCUT2D eigenvalue weighted by Crippen LogP contribution is -2.49. The van der Waals surface area contributed by atoms with Crippen molar-refractivity contribution < 1.29 is 29.1 Å². The number of anilines is 1. The van der Waals surface area contributed by atoms with E-state index in [2.05, 4.69) is 26.1 Å². The van der Waals surface area contributed by atoms with Crippen molar-refractivity contribution in [1.29, 1.82) is 0 Å². The summed E-state index contributed by atoms with van der Waals surface area (Å²) < 4.78 is 5.06. The van der Waals surface area contributed by atoms with Crippen LogP contribution >= 0.6 is 0 Å². The van der Waals surface area contributed by atoms with Gasteiger partial charge in [-0.2, -0.15) is 0 Å². The number of carboxylic acid groups (broad SMARTS) is 1. The maximum absolute atomic E-state index is 12.6. The zero-order chi connectivity index (χ0) is 26.1. The van der Waals surface area contributed by atoms with Crippen LogP contribution in [0.2, 0.25) is 0 Å². The third kappa shape index (κ3) is 7.42. The molecule has 1 aromatic heterocycles. The third-order valence-corrected chi connectivity index (χ3v) is 6.62. The average molecular weight is 510 g/mol. The number of carbonyl (C=O) groups excluding carboxylic acids is 2. The van der Waals surface area contributed by atoms with E-state index < -0.39 is 29.6 Å². The molecule has 2 aliphatic rings. The highest BCUT2D eigenvalue weighted by atomic mass is 16.7. The number of hydrogen-bond donors (Lipinski definition) is 4. The normalized spacial score (nSPS) is 21.3. The fourth-order valence-electron chi connectivity index (χ4n) is 4.44. The first-order chi connectivity index (χ1) is 17.9. The molecule has 0 radical (unpaired) electrons. The SMILES string of the molecule is O=C(N[C@@H](CNC(=O)C1=NOC2(CCC(CNc3ccccn3)CC2)C1)C(=O)O)OCc1ccccc1. The van der Waals surface area contributed by atoms with Crippen molar-refractivity contribution in [1.82, 2.24) is 15.6 Å². The highest BCUT2D eigenvalue weighted by Gasteiger charge is 2.44. The predicted octanol–water partition coefficient (Wildman–Crippen LogP) is 2.69. The Bertz CT molecular complexity index is 1100. The molecule has 1 spiro atoms. The minimum atomic E-state index is -1.36. The molecule has 1 aliphatic heterocycles. The topological polar surface area (TPSA) is 151 Å². The van der Waals surface area contributed by atoms with Crippen LogP contribution in [-0.4, -0.2) is 58.5 Å². The van der Waals surface area contributed by atoms with Gasteiger partial charge in [0.2, 0.25) is 0 Å². The van der Waals surface area contributed by atoms with Crippen molar-refractivity contribution in [2.75, 3.05) is 18.4 Å². The smallest absolute Gasteiger partial charge is 0.408 e. The summed E-state index contributed by atoms with van der Waals surface area (Å²) in [6.07, 6.45) is 4.63. The van der Waals surface area contributed by atoms with Crippen LogP contribution in [0.25, 0.3) is 0 Å². The summed E-state index contributed by atoms with van der Waals surface area (Å²) in [4.78, 5) is 46.2. The quantitative estimate of drug-likeness (QED) is 0.382. The number of benzene rings is 1. The number of oxime groups is 1. The molecule has 196 valence electrons. The molecule has 1 fully saturated rings. The number of nitrogens with zero attached hydrogens (tertiary/aromatic N) is 2. The molecule has 2 aromatic rings. The van der Waals surface area contributed by atoms with Gasteiger partial charge in [-0.05, 0) is 49.3 Å². The molecule has 11 heteroatoms. The Morgan fingerprint density at radius 1 is 1.11 bits per heavy atom. The number of nitrogens with one attached hydrogen (secondary N) is 3. The molecular formula is C26H31N5O6. The van der Waals surface area contributed by atoms with Crippen LogP contribution < -0.4 is 16.0 Å². The van der Waals surface area contributed by atoms with E-state index in [1.807, 2.05) is 24.3 Å². The van der Waals surface area contributed by atoms with Crippen LogP contribution in [-0.2, 0) is 25.8 Å². The van der Waals surface area contributed by atoms with E-state index in [-0.39, 0.29) is 18.9 Å². The summed E-state index contributed by atoms with van der Waals surface area (Å²) in [6.45, 7) is 0.502. The van der Waals surface area contributed by atoms with Gasteiger partial charge in [-0.3, -0.25) is 4.79 Å². The van der Waals surface area contributed by atoms with Crippen molar-refractivity contribution in [2.24, 2.45) is 11.1 Å². The fourth-order valence-corrected chi connectivity index (χ4v) is 4.44. The van der Waals surface area contributed by atoms with Gasteiger partial charge in [0.05, 0.1) is 0 Å². The number of aliphatic carboxylic acids is 1. The van der Waals surface area contributed by atoms with Crippen molar-refractivity contribution in [3.63, 3.8) is 0 Å². The molecule has 4 N–H and O–H groups in total. The fraction of sp³-hybridized carbons (Fsp3) is 0.423. The number of amides is 2. The van der Waals surface area contributed by atoms with Gasteiger partial charge in [-0.1, -0.05) is 41.6 Å².